The molecule has 2 heterocycles. The number of sulfonamides is 1. The molecule has 0 fully saturated rings. The fourth-order valence-electron chi connectivity index (χ4n) is 2.99. The van der Waals surface area contributed by atoms with Gasteiger partial charge in [-0.1, -0.05) is 17.7 Å². The van der Waals surface area contributed by atoms with Crippen LogP contribution in [0, 0.1) is 13.8 Å². The van der Waals surface area contributed by atoms with Crippen molar-refractivity contribution in [3.63, 3.8) is 0 Å². The van der Waals surface area contributed by atoms with E-state index in [0.29, 0.717) is 33.7 Å². The molecule has 0 radical (unpaired) electrons. The molecular formula is C21H19ClN6O2S. The van der Waals surface area contributed by atoms with Gasteiger partial charge in [0, 0.05) is 34.9 Å². The Bertz CT molecular complexity index is 1320. The van der Waals surface area contributed by atoms with E-state index >= 15 is 0 Å². The highest BCUT2D eigenvalue weighted by molar-refractivity contribution is 7.92. The molecule has 0 atom stereocenters. The zero-order valence-electron chi connectivity index (χ0n) is 16.7. The standard InChI is InChI=1S/C21H19ClN6O2S/c1-14-3-4-16(22)11-19(14)31(29,30)27-18-7-5-17(6-8-18)26-20-12-21(25-15(2)24-20)28-10-9-23-13-28/h3-13,27H,1-2H3,(H,24,25,26). The number of hydrogen-bond donors (Lipinski definition) is 2. The SMILES string of the molecule is Cc1nc(Nc2ccc(NS(=O)(=O)c3cc(Cl)ccc3C)cc2)cc(-n2ccnc2)n1. The Balaban J connectivity index is 1.52. The van der Waals surface area contributed by atoms with E-state index in [9.17, 15) is 8.42 Å². The van der Waals surface area contributed by atoms with E-state index in [1.54, 1.807) is 79.6 Å². The Morgan fingerprint density at radius 1 is 0.968 bits per heavy atom. The van der Waals surface area contributed by atoms with E-state index in [-0.39, 0.29) is 4.90 Å². The van der Waals surface area contributed by atoms with Gasteiger partial charge >= 0.3 is 0 Å². The normalized spacial score (nSPS) is 11.3. The predicted octanol–water partition coefficient (Wildman–Crippen LogP) is 4.48. The summed E-state index contributed by atoms with van der Waals surface area (Å²) in [7, 11) is -3.76. The van der Waals surface area contributed by atoms with E-state index in [4.69, 9.17) is 11.6 Å². The molecular weight excluding hydrogens is 436 g/mol. The number of nitrogens with one attached hydrogen (secondary N) is 2. The molecule has 0 amide bonds. The summed E-state index contributed by atoms with van der Waals surface area (Å²) >= 11 is 5.96. The van der Waals surface area contributed by atoms with Crippen molar-refractivity contribution in [1.82, 2.24) is 19.5 Å². The predicted molar refractivity (Wildman–Crippen MR) is 121 cm³/mol. The number of aromatic nitrogens is 4. The topological polar surface area (TPSA) is 102 Å². The van der Waals surface area contributed by atoms with Gasteiger partial charge < -0.3 is 5.32 Å². The smallest absolute Gasteiger partial charge is 0.262 e. The van der Waals surface area contributed by atoms with E-state index in [2.05, 4.69) is 25.0 Å². The quantitative estimate of drug-likeness (QED) is 0.445. The van der Waals surface area contributed by atoms with Crippen LogP contribution in [-0.2, 0) is 10.0 Å². The zero-order chi connectivity index (χ0) is 22.0. The number of rotatable bonds is 6. The van der Waals surface area contributed by atoms with Crippen LogP contribution in [0.1, 0.15) is 11.4 Å². The van der Waals surface area contributed by atoms with Crippen LogP contribution in [-0.4, -0.2) is 27.9 Å². The van der Waals surface area contributed by atoms with Crippen molar-refractivity contribution in [2.45, 2.75) is 18.7 Å². The minimum absolute atomic E-state index is 0.144. The van der Waals surface area contributed by atoms with Gasteiger partial charge in [0.05, 0.1) is 4.90 Å². The highest BCUT2D eigenvalue weighted by Crippen LogP contribution is 2.24. The van der Waals surface area contributed by atoms with Gasteiger partial charge in [0.1, 0.15) is 23.8 Å². The van der Waals surface area contributed by atoms with Crippen LogP contribution in [0.3, 0.4) is 0 Å². The van der Waals surface area contributed by atoms with Crippen molar-refractivity contribution in [3.05, 3.63) is 83.7 Å². The van der Waals surface area contributed by atoms with Gasteiger partial charge in [-0.3, -0.25) is 9.29 Å². The molecule has 2 aromatic heterocycles. The first kappa shape index (κ1) is 20.8. The number of hydrogen-bond acceptors (Lipinski definition) is 6. The van der Waals surface area contributed by atoms with Crippen LogP contribution in [0.2, 0.25) is 5.02 Å². The number of aryl methyl sites for hydroxylation is 2. The first-order chi connectivity index (χ1) is 14.8. The molecule has 0 aliphatic rings. The van der Waals surface area contributed by atoms with Crippen LogP contribution in [0.4, 0.5) is 17.2 Å². The Labute approximate surface area is 185 Å². The Morgan fingerprint density at radius 3 is 2.42 bits per heavy atom. The Hall–Kier alpha value is -3.43. The maximum Gasteiger partial charge on any atom is 0.262 e. The summed E-state index contributed by atoms with van der Waals surface area (Å²) in [6, 6.07) is 13.4. The molecule has 4 aromatic rings. The van der Waals surface area contributed by atoms with Crippen molar-refractivity contribution in [3.8, 4) is 5.82 Å². The summed E-state index contributed by atoms with van der Waals surface area (Å²) in [6.07, 6.45) is 5.14. The van der Waals surface area contributed by atoms with Gasteiger partial charge in [0.15, 0.2) is 0 Å². The van der Waals surface area contributed by atoms with Crippen molar-refractivity contribution in [2.75, 3.05) is 10.0 Å². The highest BCUT2D eigenvalue weighted by atomic mass is 35.5. The lowest BCUT2D eigenvalue weighted by atomic mass is 10.2. The zero-order valence-corrected chi connectivity index (χ0v) is 18.3. The van der Waals surface area contributed by atoms with Gasteiger partial charge in [-0.25, -0.2) is 23.4 Å². The highest BCUT2D eigenvalue weighted by Gasteiger charge is 2.17. The Kier molecular flexibility index (Phi) is 5.62. The summed E-state index contributed by atoms with van der Waals surface area (Å²) in [5.74, 6) is 1.91. The second kappa shape index (κ2) is 8.37. The third-order valence-electron chi connectivity index (χ3n) is 4.44. The fraction of sp³-hybridized carbons (Fsp3) is 0.0952. The molecule has 0 saturated carbocycles. The molecule has 0 aliphatic carbocycles. The fourth-order valence-corrected chi connectivity index (χ4v) is 4.55. The van der Waals surface area contributed by atoms with Crippen molar-refractivity contribution >= 4 is 38.8 Å². The van der Waals surface area contributed by atoms with Gasteiger partial charge in [0.25, 0.3) is 10.0 Å². The minimum atomic E-state index is -3.76. The minimum Gasteiger partial charge on any atom is -0.340 e. The average molecular weight is 455 g/mol. The third kappa shape index (κ3) is 4.84. The molecule has 4 rings (SSSR count). The largest absolute Gasteiger partial charge is 0.340 e. The lowest BCUT2D eigenvalue weighted by molar-refractivity contribution is 0.600. The lowest BCUT2D eigenvalue weighted by Crippen LogP contribution is -2.14. The first-order valence-corrected chi connectivity index (χ1v) is 11.2. The summed E-state index contributed by atoms with van der Waals surface area (Å²) in [6.45, 7) is 3.53. The van der Waals surface area contributed by atoms with Gasteiger partial charge in [-0.05, 0) is 55.8 Å². The Morgan fingerprint density at radius 2 is 1.71 bits per heavy atom. The number of nitrogens with zero attached hydrogens (tertiary/aromatic N) is 4. The molecule has 0 unspecified atom stereocenters. The molecule has 2 N–H and O–H groups in total. The maximum absolute atomic E-state index is 12.7. The number of imidazole rings is 1. The van der Waals surface area contributed by atoms with Crippen LogP contribution < -0.4 is 10.0 Å². The van der Waals surface area contributed by atoms with Crippen molar-refractivity contribution < 1.29 is 8.42 Å². The second-order valence-corrected chi connectivity index (χ2v) is 8.93. The average Bonchev–Trinajstić information content (AvgIpc) is 3.26. The van der Waals surface area contributed by atoms with E-state index in [1.165, 1.54) is 6.07 Å². The second-order valence-electron chi connectivity index (χ2n) is 6.85. The molecule has 158 valence electrons. The van der Waals surface area contributed by atoms with E-state index in [1.807, 2.05) is 0 Å². The summed E-state index contributed by atoms with van der Waals surface area (Å²) in [4.78, 5) is 13.0. The molecule has 8 nitrogen and oxygen atoms in total. The molecule has 2 aromatic carbocycles. The monoisotopic (exact) mass is 454 g/mol. The third-order valence-corrected chi connectivity index (χ3v) is 6.20. The van der Waals surface area contributed by atoms with E-state index in [0.717, 1.165) is 5.69 Å². The van der Waals surface area contributed by atoms with Gasteiger partial charge in [-0.2, -0.15) is 0 Å². The van der Waals surface area contributed by atoms with Crippen LogP contribution in [0.25, 0.3) is 5.82 Å². The molecule has 31 heavy (non-hydrogen) atoms. The molecule has 0 saturated heterocycles. The van der Waals surface area contributed by atoms with Crippen LogP contribution in [0.5, 0.6) is 0 Å². The lowest BCUT2D eigenvalue weighted by Gasteiger charge is -2.12. The molecule has 0 spiro atoms. The van der Waals surface area contributed by atoms with Crippen LogP contribution >= 0.6 is 11.6 Å². The summed E-state index contributed by atoms with van der Waals surface area (Å²) in [5.41, 5.74) is 1.79. The first-order valence-electron chi connectivity index (χ1n) is 9.30. The van der Waals surface area contributed by atoms with Gasteiger partial charge in [0.2, 0.25) is 0 Å². The van der Waals surface area contributed by atoms with Crippen LogP contribution in [0.15, 0.2) is 72.1 Å². The summed E-state index contributed by atoms with van der Waals surface area (Å²) in [5, 5.41) is 3.57. The molecule has 10 heteroatoms. The molecule has 0 aliphatic heterocycles. The van der Waals surface area contributed by atoms with Gasteiger partial charge in [-0.15, -0.1) is 0 Å². The maximum atomic E-state index is 12.7. The summed E-state index contributed by atoms with van der Waals surface area (Å²) < 4.78 is 29.8. The van der Waals surface area contributed by atoms with Crippen molar-refractivity contribution in [1.29, 1.82) is 0 Å². The van der Waals surface area contributed by atoms with E-state index < -0.39 is 10.0 Å². The molecule has 0 bridgehead atoms. The number of anilines is 3. The number of halogens is 1. The van der Waals surface area contributed by atoms with Crippen molar-refractivity contribution in [2.24, 2.45) is 0 Å². The number of benzene rings is 2.